The van der Waals surface area contributed by atoms with Crippen LogP contribution >= 0.6 is 11.6 Å². The molecule has 0 saturated heterocycles. The van der Waals surface area contributed by atoms with Crippen LogP contribution in [-0.2, 0) is 11.3 Å². The Morgan fingerprint density at radius 3 is 3.10 bits per heavy atom. The van der Waals surface area contributed by atoms with Crippen LogP contribution in [0.25, 0.3) is 11.0 Å². The number of imidazole rings is 1. The molecule has 2 aromatic rings. The summed E-state index contributed by atoms with van der Waals surface area (Å²) in [4.78, 5) is 15.8. The zero-order valence-electron chi connectivity index (χ0n) is 11.0. The number of benzene rings is 1. The lowest BCUT2D eigenvalue weighted by atomic mass is 9.88. The second kappa shape index (κ2) is 5.26. The Bertz CT molecular complexity index is 714. The number of hydrogen-bond acceptors (Lipinski definition) is 3. The van der Waals surface area contributed by atoms with E-state index in [4.69, 9.17) is 16.9 Å². The third-order valence-electron chi connectivity index (χ3n) is 3.85. The molecule has 3 rings (SSSR count). The van der Waals surface area contributed by atoms with Crippen molar-refractivity contribution < 1.29 is 4.79 Å². The van der Waals surface area contributed by atoms with E-state index in [-0.39, 0.29) is 0 Å². The van der Waals surface area contributed by atoms with Crippen LogP contribution in [0.15, 0.2) is 18.5 Å². The second-order valence-corrected chi connectivity index (χ2v) is 5.74. The van der Waals surface area contributed by atoms with Gasteiger partial charge in [-0.05, 0) is 30.9 Å². The van der Waals surface area contributed by atoms with Gasteiger partial charge in [0.25, 0.3) is 0 Å². The van der Waals surface area contributed by atoms with Gasteiger partial charge in [-0.2, -0.15) is 5.26 Å². The molecule has 20 heavy (non-hydrogen) atoms. The number of fused-ring (bicyclic) bond motifs is 1. The van der Waals surface area contributed by atoms with Gasteiger partial charge in [0.15, 0.2) is 0 Å². The van der Waals surface area contributed by atoms with Crippen LogP contribution in [0.1, 0.15) is 31.2 Å². The highest BCUT2D eigenvalue weighted by Gasteiger charge is 2.20. The quantitative estimate of drug-likeness (QED) is 0.851. The van der Waals surface area contributed by atoms with Crippen molar-refractivity contribution in [2.75, 3.05) is 0 Å². The summed E-state index contributed by atoms with van der Waals surface area (Å²) in [5, 5.41) is 9.52. The Hall–Kier alpha value is -1.86. The average molecular weight is 288 g/mol. The van der Waals surface area contributed by atoms with Crippen LogP contribution in [0.5, 0.6) is 0 Å². The van der Waals surface area contributed by atoms with Gasteiger partial charge in [0.05, 0.1) is 28.5 Å². The van der Waals surface area contributed by atoms with E-state index >= 15 is 0 Å². The molecule has 1 heterocycles. The zero-order chi connectivity index (χ0) is 14.1. The molecule has 1 saturated carbocycles. The third-order valence-corrected chi connectivity index (χ3v) is 4.14. The fourth-order valence-corrected chi connectivity index (χ4v) is 3.14. The van der Waals surface area contributed by atoms with E-state index in [1.54, 1.807) is 18.5 Å². The first kappa shape index (κ1) is 13.1. The van der Waals surface area contributed by atoms with E-state index in [1.165, 1.54) is 0 Å². The Balaban J connectivity index is 1.94. The fourth-order valence-electron chi connectivity index (χ4n) is 2.88. The second-order valence-electron chi connectivity index (χ2n) is 5.34. The number of ketones is 1. The Kier molecular flexibility index (Phi) is 3.45. The highest BCUT2D eigenvalue weighted by atomic mass is 35.5. The van der Waals surface area contributed by atoms with Gasteiger partial charge in [0.2, 0.25) is 0 Å². The van der Waals surface area contributed by atoms with Gasteiger partial charge in [0.1, 0.15) is 11.3 Å². The molecule has 0 unspecified atom stereocenters. The summed E-state index contributed by atoms with van der Waals surface area (Å²) < 4.78 is 2.01. The molecule has 1 aromatic heterocycles. The molecule has 0 bridgehead atoms. The monoisotopic (exact) mass is 287 g/mol. The number of nitrogens with zero attached hydrogens (tertiary/aromatic N) is 3. The molecule has 0 N–H and O–H groups in total. The molecule has 0 aliphatic heterocycles. The minimum absolute atomic E-state index is 0.349. The molecule has 0 spiro atoms. The predicted molar refractivity (Wildman–Crippen MR) is 76.4 cm³/mol. The summed E-state index contributed by atoms with van der Waals surface area (Å²) in [7, 11) is 0. The summed E-state index contributed by atoms with van der Waals surface area (Å²) in [6.07, 6.45) is 5.14. The van der Waals surface area contributed by atoms with Gasteiger partial charge in [-0.15, -0.1) is 0 Å². The Morgan fingerprint density at radius 2 is 2.35 bits per heavy atom. The minimum Gasteiger partial charge on any atom is -0.330 e. The van der Waals surface area contributed by atoms with Crippen LogP contribution in [0.2, 0.25) is 5.02 Å². The van der Waals surface area contributed by atoms with Crippen molar-refractivity contribution in [3.63, 3.8) is 0 Å². The van der Waals surface area contributed by atoms with Crippen LogP contribution in [0.3, 0.4) is 0 Å². The molecule has 4 nitrogen and oxygen atoms in total. The highest BCUT2D eigenvalue weighted by Crippen LogP contribution is 2.27. The topological polar surface area (TPSA) is 58.7 Å². The lowest BCUT2D eigenvalue weighted by molar-refractivity contribution is -0.121. The van der Waals surface area contributed by atoms with Crippen molar-refractivity contribution in [1.29, 1.82) is 5.26 Å². The first-order valence-electron chi connectivity index (χ1n) is 6.73. The number of hydrogen-bond donors (Lipinski definition) is 0. The number of aromatic nitrogens is 2. The van der Waals surface area contributed by atoms with E-state index in [0.29, 0.717) is 40.6 Å². The zero-order valence-corrected chi connectivity index (χ0v) is 11.7. The van der Waals surface area contributed by atoms with Crippen molar-refractivity contribution >= 4 is 28.4 Å². The Labute approximate surface area is 122 Å². The molecule has 102 valence electrons. The maximum absolute atomic E-state index is 11.5. The van der Waals surface area contributed by atoms with Gasteiger partial charge in [0, 0.05) is 19.4 Å². The first-order valence-corrected chi connectivity index (χ1v) is 7.11. The van der Waals surface area contributed by atoms with Crippen molar-refractivity contribution in [2.45, 2.75) is 32.2 Å². The van der Waals surface area contributed by atoms with Crippen molar-refractivity contribution in [2.24, 2.45) is 5.92 Å². The largest absolute Gasteiger partial charge is 0.330 e. The summed E-state index contributed by atoms with van der Waals surface area (Å²) >= 11 is 6.14. The molecule has 1 fully saturated rings. The summed E-state index contributed by atoms with van der Waals surface area (Å²) in [6.45, 7) is 0.757. The van der Waals surface area contributed by atoms with Gasteiger partial charge in [-0.25, -0.2) is 4.98 Å². The van der Waals surface area contributed by atoms with Crippen LogP contribution in [-0.4, -0.2) is 15.3 Å². The smallest absolute Gasteiger partial charge is 0.133 e. The van der Waals surface area contributed by atoms with E-state index < -0.39 is 0 Å². The van der Waals surface area contributed by atoms with Crippen molar-refractivity contribution in [3.8, 4) is 6.07 Å². The maximum atomic E-state index is 11.5. The number of Topliss-reactive ketones (excluding diaryl/α,β-unsaturated/α-hetero) is 1. The number of carbonyl (C=O) groups excluding carboxylic acids is 1. The van der Waals surface area contributed by atoms with E-state index in [9.17, 15) is 4.79 Å². The van der Waals surface area contributed by atoms with Crippen molar-refractivity contribution in [1.82, 2.24) is 9.55 Å². The van der Waals surface area contributed by atoms with Crippen LogP contribution in [0.4, 0.5) is 0 Å². The lowest BCUT2D eigenvalue weighted by Gasteiger charge is -2.21. The van der Waals surface area contributed by atoms with Gasteiger partial charge < -0.3 is 4.57 Å². The van der Waals surface area contributed by atoms with E-state index in [2.05, 4.69) is 11.1 Å². The SMILES string of the molecule is N#Cc1cc(Cl)c2ncn(C[C@H]3CCCC(=O)C3)c2c1. The molecule has 1 aliphatic rings. The average Bonchev–Trinajstić information content (AvgIpc) is 2.82. The van der Waals surface area contributed by atoms with Crippen molar-refractivity contribution in [3.05, 3.63) is 29.0 Å². The fraction of sp³-hybridized carbons (Fsp3) is 0.400. The lowest BCUT2D eigenvalue weighted by Crippen LogP contribution is -2.19. The predicted octanol–water partition coefficient (Wildman–Crippen LogP) is 3.32. The number of nitriles is 1. The van der Waals surface area contributed by atoms with Gasteiger partial charge >= 0.3 is 0 Å². The third kappa shape index (κ3) is 2.41. The standard InChI is InChI=1S/C15H14ClN3O/c16-13-5-11(7-17)6-14-15(13)18-9-19(14)8-10-2-1-3-12(20)4-10/h5-6,9-10H,1-4,8H2/t10-/m0/s1. The summed E-state index contributed by atoms with van der Waals surface area (Å²) in [5.74, 6) is 0.708. The molecule has 1 aliphatic carbocycles. The van der Waals surface area contributed by atoms with Crippen LogP contribution in [0, 0.1) is 17.2 Å². The number of halogens is 1. The highest BCUT2D eigenvalue weighted by molar-refractivity contribution is 6.35. The van der Waals surface area contributed by atoms with Crippen LogP contribution < -0.4 is 0 Å². The minimum atomic E-state index is 0.349. The van der Waals surface area contributed by atoms with E-state index in [0.717, 1.165) is 24.9 Å². The van der Waals surface area contributed by atoms with Gasteiger partial charge in [-0.1, -0.05) is 11.6 Å². The Morgan fingerprint density at radius 1 is 1.50 bits per heavy atom. The molecule has 0 radical (unpaired) electrons. The first-order chi connectivity index (χ1) is 9.67. The summed E-state index contributed by atoms with van der Waals surface area (Å²) in [5.41, 5.74) is 2.11. The maximum Gasteiger partial charge on any atom is 0.133 e. The number of carbonyl (C=O) groups is 1. The molecule has 0 amide bonds. The molecular weight excluding hydrogens is 274 g/mol. The molecule has 5 heteroatoms. The molecule has 1 aromatic carbocycles. The summed E-state index contributed by atoms with van der Waals surface area (Å²) in [6, 6.07) is 5.54. The normalized spacial score (nSPS) is 19.2. The van der Waals surface area contributed by atoms with Gasteiger partial charge in [-0.3, -0.25) is 4.79 Å². The molecule has 1 atom stereocenters. The molecular formula is C15H14ClN3O. The van der Waals surface area contributed by atoms with E-state index in [1.807, 2.05) is 4.57 Å². The number of rotatable bonds is 2.